The molecule has 0 aliphatic carbocycles. The van der Waals surface area contributed by atoms with Crippen molar-refractivity contribution in [1.82, 2.24) is 29.8 Å². The summed E-state index contributed by atoms with van der Waals surface area (Å²) in [6, 6.07) is 74.1. The van der Waals surface area contributed by atoms with E-state index in [2.05, 4.69) is 52.4 Å². The Labute approximate surface area is 831 Å². The van der Waals surface area contributed by atoms with E-state index >= 15 is 0 Å². The summed E-state index contributed by atoms with van der Waals surface area (Å²) in [6.07, 6.45) is -17.7. The summed E-state index contributed by atoms with van der Waals surface area (Å²) >= 11 is 19.9. The van der Waals surface area contributed by atoms with Crippen molar-refractivity contribution in [2.75, 3.05) is 92.8 Å². The summed E-state index contributed by atoms with van der Waals surface area (Å²) in [4.78, 5) is 111. The number of esters is 2. The van der Waals surface area contributed by atoms with Crippen LogP contribution in [0.1, 0.15) is 94.8 Å². The number of aromatic hydroxyl groups is 1. The average molecular weight is 2070 g/mol. The number of piperazine rings is 2. The molecule has 143 heavy (non-hydrogen) atoms. The maximum absolute atomic E-state index is 12.9. The SMILES string of the molecule is COC(=O)c1ccc(O)cc1.COC(=O)c1ccc(Oc2cccc(C(F)(F)F)c2)cc1.O=C(Cl)C(=O)Cl.O=C(Cl)c1ccc(Oc2cccc(C(F)(F)F)c2)cc1.O=C(O)c1ccc(Oc2cccc(C(F)(F)F)c2)cc1.O=C(c1ccccc1)N1CCN(C2CN(C(=O)c3ccc(Oc4cccc(C(F)(F)F)c4)cc3)C2)CC1.O=C(c1ccccc1)N1CCN(C2CNC2)CC1.O[B]Oc1cccc(Cl)c1. The van der Waals surface area contributed by atoms with Crippen LogP contribution in [-0.2, 0) is 43.8 Å². The Morgan fingerprint density at radius 2 is 0.629 bits per heavy atom. The van der Waals surface area contributed by atoms with Crippen molar-refractivity contribution in [2.24, 2.45) is 0 Å². The molecule has 4 aliphatic heterocycles. The number of alkyl halides is 12. The third kappa shape index (κ3) is 36.5. The van der Waals surface area contributed by atoms with Gasteiger partial charge in [-0.15, -0.1) is 0 Å². The van der Waals surface area contributed by atoms with E-state index in [9.17, 15) is 95.8 Å². The lowest BCUT2D eigenvalue weighted by atomic mass is 10.0. The van der Waals surface area contributed by atoms with Crippen molar-refractivity contribution in [1.29, 1.82) is 0 Å². The number of amides is 3. The lowest BCUT2D eigenvalue weighted by molar-refractivity contribution is -0.138. The molecule has 0 spiro atoms. The molecule has 12 aromatic rings. The number of phenols is 1. The Bertz CT molecular complexity index is 6090. The number of hydrogen-bond acceptors (Lipinski definition) is 21. The summed E-state index contributed by atoms with van der Waals surface area (Å²) in [6.45, 7) is 10.0. The molecule has 4 saturated heterocycles. The molecule has 0 saturated carbocycles. The number of carbonyl (C=O) groups excluding carboxylic acids is 8. The largest absolute Gasteiger partial charge is 0.569 e. The van der Waals surface area contributed by atoms with Gasteiger partial charge in [0, 0.05) is 118 Å². The van der Waals surface area contributed by atoms with Crippen LogP contribution in [0.15, 0.2) is 303 Å². The zero-order valence-corrected chi connectivity index (χ0v) is 78.3. The van der Waals surface area contributed by atoms with Gasteiger partial charge in [-0.3, -0.25) is 38.6 Å². The normalized spacial score (nSPS) is 13.5. The third-order valence-electron chi connectivity index (χ3n) is 20.8. The first-order valence-electron chi connectivity index (χ1n) is 42.6. The highest BCUT2D eigenvalue weighted by molar-refractivity contribution is 6.97. The summed E-state index contributed by atoms with van der Waals surface area (Å²) in [5, 5.41) is 26.8. The van der Waals surface area contributed by atoms with Crippen molar-refractivity contribution < 1.29 is 144 Å². The van der Waals surface area contributed by atoms with Gasteiger partial charge in [-0.25, -0.2) is 14.4 Å². The minimum Gasteiger partial charge on any atom is -0.537 e. The molecule has 0 aromatic heterocycles. The van der Waals surface area contributed by atoms with Gasteiger partial charge in [0.15, 0.2) is 0 Å². The fraction of sp³-hybridized carbons (Fsp3) is 0.198. The highest BCUT2D eigenvalue weighted by atomic mass is 35.5. The van der Waals surface area contributed by atoms with Crippen molar-refractivity contribution in [3.05, 3.63) is 370 Å². The topological polar surface area (TPSA) is 307 Å². The molecule has 4 aliphatic rings. The molecular formula is C101H86BCl4F12N6O19. The number of likely N-dealkylation sites (tertiary alicyclic amines) is 1. The number of hydrogen-bond donors (Lipinski definition) is 4. The molecule has 4 heterocycles. The second-order valence-corrected chi connectivity index (χ2v) is 32.0. The molecule has 12 aromatic carbocycles. The summed E-state index contributed by atoms with van der Waals surface area (Å²) < 4.78 is 187. The lowest BCUT2D eigenvalue weighted by Crippen LogP contribution is -2.64. The van der Waals surface area contributed by atoms with Crippen LogP contribution in [0, 0.1) is 0 Å². The molecule has 42 heteroatoms. The number of carboxylic acid groups (broad SMARTS) is 1. The molecule has 0 unspecified atom stereocenters. The third-order valence-corrected chi connectivity index (χ3v) is 21.7. The van der Waals surface area contributed by atoms with Gasteiger partial charge in [-0.05, 0) is 271 Å². The minimum absolute atomic E-state index is 0.0305. The highest BCUT2D eigenvalue weighted by Crippen LogP contribution is 2.38. The Hall–Kier alpha value is -14.5. The Kier molecular flexibility index (Phi) is 42.3. The second-order valence-electron chi connectivity index (χ2n) is 30.5. The number of carbonyl (C=O) groups is 9. The first-order valence-corrected chi connectivity index (χ1v) is 44.1. The molecule has 1 radical (unpaired) electrons. The first kappa shape index (κ1) is 112. The standard InChI is InChI=1S/C28H26F3N3O3.C15H11F3O3.C14H8ClF3O2.C14H9F3O3.C14H19N3O.C8H8O3.C6H5BClO2.C2Cl2O2/c29-28(30,31)22-7-4-8-25(17-22)37-24-11-9-21(10-12-24)27(36)34-18-23(19-34)32-13-15-33(16-14-32)26(35)20-5-2-1-3-6-20;1-20-14(19)10-5-7-12(8-6-10)21-13-4-2-3-11(9-13)15(16,17)18;15-13(19)9-4-6-11(7-5-9)20-12-3-1-2-10(8-12)14(16,17)18;15-14(16,17)10-2-1-3-12(8-10)20-11-6-4-9(5-7-11)13(18)19;18-14(12-4-2-1-3-5-12)17-8-6-16(7-9-17)13-10-15-11-13;1-11-8(10)6-2-4-7(9)5-3-6;8-5-2-1-3-6(4-5)10-7-9;3-1(5)2(4)6/h1-12,17,23H,13-16,18-19H2;2-9H,1H3;1-8H;1-8H,(H,18,19);1-5,13,15H,6-11H2;2-5,9H,1H3;1-4,9H;. The van der Waals surface area contributed by atoms with Gasteiger partial charge in [0.1, 0.15) is 57.5 Å². The zero-order valence-electron chi connectivity index (χ0n) is 75.2. The smallest absolute Gasteiger partial charge is 0.537 e. The van der Waals surface area contributed by atoms with E-state index in [0.717, 1.165) is 106 Å². The predicted molar refractivity (Wildman–Crippen MR) is 506 cm³/mol. The molecule has 0 atom stereocenters. The number of halogens is 16. The molecule has 4 N–H and O–H groups in total. The van der Waals surface area contributed by atoms with Crippen molar-refractivity contribution >= 4 is 105 Å². The van der Waals surface area contributed by atoms with Crippen molar-refractivity contribution in [3.8, 4) is 57.5 Å². The van der Waals surface area contributed by atoms with Gasteiger partial charge >= 0.3 is 60.8 Å². The van der Waals surface area contributed by atoms with Crippen LogP contribution >= 0.6 is 46.4 Å². The summed E-state index contributed by atoms with van der Waals surface area (Å²) in [5.41, 5.74) is -0.0603. The molecule has 16 rings (SSSR count). The van der Waals surface area contributed by atoms with Gasteiger partial charge in [0.25, 0.3) is 23.0 Å². The number of nitrogens with zero attached hydrogens (tertiary/aromatic N) is 5. The molecule has 4 fully saturated rings. The number of ether oxygens (including phenoxy) is 6. The van der Waals surface area contributed by atoms with Crippen LogP contribution in [0.25, 0.3) is 0 Å². The van der Waals surface area contributed by atoms with Crippen LogP contribution in [0.4, 0.5) is 52.7 Å². The average Bonchev–Trinajstić information content (AvgIpc) is 0.824. The molecule has 0 bridgehead atoms. The fourth-order valence-corrected chi connectivity index (χ4v) is 13.5. The van der Waals surface area contributed by atoms with E-state index in [1.54, 1.807) is 53.4 Å². The minimum atomic E-state index is -4.45. The van der Waals surface area contributed by atoms with Crippen LogP contribution in [0.3, 0.4) is 0 Å². The van der Waals surface area contributed by atoms with Gasteiger partial charge in [-0.1, -0.05) is 78.3 Å². The van der Waals surface area contributed by atoms with Crippen molar-refractivity contribution in [2.45, 2.75) is 36.8 Å². The number of rotatable bonds is 20. The number of nitrogens with one attached hydrogen (secondary N) is 1. The van der Waals surface area contributed by atoms with E-state index < -0.39 is 80.6 Å². The fourth-order valence-electron chi connectivity index (χ4n) is 13.2. The van der Waals surface area contributed by atoms with E-state index in [-0.39, 0.29) is 69.4 Å². The number of methoxy groups -OCH3 is 2. The maximum atomic E-state index is 12.9. The van der Waals surface area contributed by atoms with Crippen molar-refractivity contribution in [3.63, 3.8) is 0 Å². The van der Waals surface area contributed by atoms with Gasteiger partial charge in [0.2, 0.25) is 0 Å². The zero-order chi connectivity index (χ0) is 104. The van der Waals surface area contributed by atoms with Crippen LogP contribution in [0.5, 0.6) is 57.5 Å². The Morgan fingerprint density at radius 3 is 0.923 bits per heavy atom. The van der Waals surface area contributed by atoms with Gasteiger partial charge in [0.05, 0.1) is 53.2 Å². The molecule has 25 nitrogen and oxygen atoms in total. The summed E-state index contributed by atoms with van der Waals surface area (Å²) in [5.74, 6) is 0.262. The second kappa shape index (κ2) is 53.9. The van der Waals surface area contributed by atoms with E-state index in [4.69, 9.17) is 57.4 Å². The molecule has 749 valence electrons. The summed E-state index contributed by atoms with van der Waals surface area (Å²) in [7, 11) is 3.19. The highest BCUT2D eigenvalue weighted by Gasteiger charge is 2.39. The number of phenolic OH excluding ortho intramolecular Hbond substituents is 1. The Morgan fingerprint density at radius 1 is 0.336 bits per heavy atom. The van der Waals surface area contributed by atoms with Crippen LogP contribution < -0.4 is 28.9 Å². The quantitative estimate of drug-likeness (QED) is 0.0181. The Balaban J connectivity index is 0.000000191. The monoisotopic (exact) mass is 2070 g/mol. The van der Waals surface area contributed by atoms with E-state index in [1.165, 1.54) is 160 Å². The number of benzene rings is 12. The van der Waals surface area contributed by atoms with Gasteiger partial charge in [-0.2, -0.15) is 52.7 Å². The van der Waals surface area contributed by atoms with Gasteiger partial charge < -0.3 is 68.3 Å². The first-order chi connectivity index (χ1) is 67.9. The van der Waals surface area contributed by atoms with E-state index in [0.29, 0.717) is 90.2 Å². The van der Waals surface area contributed by atoms with E-state index in [1.807, 2.05) is 70.5 Å². The number of aromatic carboxylic acids is 1. The molecule has 3 amide bonds. The lowest BCUT2D eigenvalue weighted by Gasteiger charge is -2.48. The maximum Gasteiger partial charge on any atom is 0.569 e. The number of carboxylic acids is 1. The van der Waals surface area contributed by atoms with Crippen LogP contribution in [-0.4, -0.2) is 204 Å². The van der Waals surface area contributed by atoms with Crippen LogP contribution in [0.2, 0.25) is 5.02 Å². The predicted octanol–water partition coefficient (Wildman–Crippen LogP) is 21.5. The molecular weight excluding hydrogens is 1980 g/mol.